The fourth-order valence-corrected chi connectivity index (χ4v) is 1.68. The Kier molecular flexibility index (Phi) is 3.42. The number of tetrazole rings is 1. The predicted octanol–water partition coefficient (Wildman–Crippen LogP) is -0.962. The summed E-state index contributed by atoms with van der Waals surface area (Å²) in [5, 5.41) is 17.2. The van der Waals surface area contributed by atoms with E-state index < -0.39 is 0 Å². The third kappa shape index (κ3) is 2.74. The minimum atomic E-state index is 0.820. The molecule has 0 saturated carbocycles. The van der Waals surface area contributed by atoms with E-state index in [9.17, 15) is 0 Å². The van der Waals surface area contributed by atoms with Crippen LogP contribution in [0, 0.1) is 0 Å². The van der Waals surface area contributed by atoms with E-state index in [4.69, 9.17) is 0 Å². The zero-order valence-electron chi connectivity index (χ0n) is 8.24. The minimum Gasteiger partial charge on any atom is -0.314 e. The van der Waals surface area contributed by atoms with Gasteiger partial charge in [-0.15, -0.1) is 10.2 Å². The molecule has 1 aliphatic heterocycles. The summed E-state index contributed by atoms with van der Waals surface area (Å²) in [7, 11) is 0. The van der Waals surface area contributed by atoms with Gasteiger partial charge in [-0.25, -0.2) is 0 Å². The Balaban J connectivity index is 1.62. The van der Waals surface area contributed by atoms with Crippen LogP contribution in [-0.2, 0) is 6.42 Å². The van der Waals surface area contributed by atoms with Crippen LogP contribution in [0.2, 0.25) is 0 Å². The van der Waals surface area contributed by atoms with Gasteiger partial charge in [-0.1, -0.05) is 5.21 Å². The molecule has 1 aromatic rings. The van der Waals surface area contributed by atoms with E-state index in [0.717, 1.165) is 51.4 Å². The van der Waals surface area contributed by atoms with Crippen molar-refractivity contribution in [3.8, 4) is 0 Å². The molecule has 0 aromatic carbocycles. The van der Waals surface area contributed by atoms with Crippen molar-refractivity contribution in [1.29, 1.82) is 0 Å². The lowest BCUT2D eigenvalue weighted by Gasteiger charge is -2.26. The Labute approximate surface area is 83.1 Å². The van der Waals surface area contributed by atoms with Gasteiger partial charge in [0, 0.05) is 32.6 Å². The number of hydrogen-bond acceptors (Lipinski definition) is 5. The molecule has 0 amide bonds. The van der Waals surface area contributed by atoms with Crippen LogP contribution in [0.3, 0.4) is 0 Å². The van der Waals surface area contributed by atoms with Crippen molar-refractivity contribution in [3.05, 3.63) is 5.82 Å². The van der Waals surface area contributed by atoms with Gasteiger partial charge in [0.2, 0.25) is 0 Å². The van der Waals surface area contributed by atoms with Crippen LogP contribution in [0.15, 0.2) is 0 Å². The van der Waals surface area contributed by atoms with E-state index in [1.54, 1.807) is 0 Å². The normalized spacial score (nSPS) is 18.6. The highest BCUT2D eigenvalue weighted by Gasteiger charge is 2.08. The second kappa shape index (κ2) is 5.02. The lowest BCUT2D eigenvalue weighted by molar-refractivity contribution is 0.238. The van der Waals surface area contributed by atoms with Crippen LogP contribution in [0.5, 0.6) is 0 Å². The highest BCUT2D eigenvalue weighted by Crippen LogP contribution is 1.97. The molecule has 1 saturated heterocycles. The lowest BCUT2D eigenvalue weighted by Crippen LogP contribution is -2.43. The molecule has 1 aromatic heterocycles. The standard InChI is InChI=1S/C8H16N6/c1(2-8-10-12-13-11-8)5-14-6-3-9-4-7-14/h9H,1-7H2,(H,10,11,12,13). The number of aromatic amines is 1. The zero-order valence-corrected chi connectivity index (χ0v) is 8.24. The Morgan fingerprint density at radius 3 is 2.86 bits per heavy atom. The molecule has 14 heavy (non-hydrogen) atoms. The number of aryl methyl sites for hydroxylation is 1. The van der Waals surface area contributed by atoms with Crippen molar-refractivity contribution in [2.45, 2.75) is 12.8 Å². The maximum atomic E-state index is 3.92. The van der Waals surface area contributed by atoms with Gasteiger partial charge in [-0.2, -0.15) is 5.21 Å². The van der Waals surface area contributed by atoms with E-state index in [2.05, 4.69) is 30.8 Å². The fraction of sp³-hybridized carbons (Fsp3) is 0.875. The quantitative estimate of drug-likeness (QED) is 0.649. The summed E-state index contributed by atoms with van der Waals surface area (Å²) in [6, 6.07) is 0. The molecular weight excluding hydrogens is 180 g/mol. The topological polar surface area (TPSA) is 69.7 Å². The van der Waals surface area contributed by atoms with Gasteiger partial charge >= 0.3 is 0 Å². The first-order valence-electron chi connectivity index (χ1n) is 5.10. The molecule has 2 N–H and O–H groups in total. The third-order valence-electron chi connectivity index (χ3n) is 2.47. The smallest absolute Gasteiger partial charge is 0.174 e. The van der Waals surface area contributed by atoms with E-state index in [0.29, 0.717) is 0 Å². The summed E-state index contributed by atoms with van der Waals surface area (Å²) in [5.74, 6) is 0.820. The van der Waals surface area contributed by atoms with Crippen LogP contribution >= 0.6 is 0 Å². The number of aromatic nitrogens is 4. The molecule has 0 aliphatic carbocycles. The van der Waals surface area contributed by atoms with Gasteiger partial charge in [0.05, 0.1) is 0 Å². The molecule has 6 heteroatoms. The first kappa shape index (κ1) is 9.54. The fourth-order valence-electron chi connectivity index (χ4n) is 1.68. The molecule has 0 radical (unpaired) electrons. The highest BCUT2D eigenvalue weighted by molar-refractivity contribution is 4.77. The van der Waals surface area contributed by atoms with E-state index in [-0.39, 0.29) is 0 Å². The summed E-state index contributed by atoms with van der Waals surface area (Å²) < 4.78 is 0. The summed E-state index contributed by atoms with van der Waals surface area (Å²) in [4.78, 5) is 2.47. The number of nitrogens with zero attached hydrogens (tertiary/aromatic N) is 4. The number of H-pyrrole nitrogens is 1. The predicted molar refractivity (Wildman–Crippen MR) is 51.8 cm³/mol. The first-order chi connectivity index (χ1) is 6.95. The van der Waals surface area contributed by atoms with Gasteiger partial charge in [0.25, 0.3) is 0 Å². The van der Waals surface area contributed by atoms with Crippen molar-refractivity contribution in [3.63, 3.8) is 0 Å². The SMILES string of the molecule is C(Cc1nn[nH]n1)CN1CCNCC1. The van der Waals surface area contributed by atoms with Gasteiger partial charge in [-0.3, -0.25) is 0 Å². The molecule has 1 aliphatic rings. The average molecular weight is 196 g/mol. The van der Waals surface area contributed by atoms with Crippen LogP contribution in [0.25, 0.3) is 0 Å². The van der Waals surface area contributed by atoms with Crippen molar-refractivity contribution in [2.75, 3.05) is 32.7 Å². The molecule has 0 bridgehead atoms. The van der Waals surface area contributed by atoms with Gasteiger partial charge in [0.15, 0.2) is 5.82 Å². The van der Waals surface area contributed by atoms with Crippen LogP contribution in [-0.4, -0.2) is 58.2 Å². The molecule has 2 heterocycles. The van der Waals surface area contributed by atoms with Crippen LogP contribution in [0.4, 0.5) is 0 Å². The number of nitrogens with one attached hydrogen (secondary N) is 2. The summed E-state index contributed by atoms with van der Waals surface area (Å²) in [6.07, 6.45) is 2.03. The Bertz CT molecular complexity index is 240. The molecule has 78 valence electrons. The van der Waals surface area contributed by atoms with Crippen molar-refractivity contribution < 1.29 is 0 Å². The molecule has 6 nitrogen and oxygen atoms in total. The average Bonchev–Trinajstić information content (AvgIpc) is 2.72. The lowest BCUT2D eigenvalue weighted by atomic mass is 10.2. The molecule has 1 fully saturated rings. The van der Waals surface area contributed by atoms with E-state index >= 15 is 0 Å². The molecule has 0 spiro atoms. The van der Waals surface area contributed by atoms with Gasteiger partial charge in [0.1, 0.15) is 0 Å². The minimum absolute atomic E-state index is 0.820. The summed E-state index contributed by atoms with van der Waals surface area (Å²) in [5.41, 5.74) is 0. The Morgan fingerprint density at radius 1 is 1.29 bits per heavy atom. The maximum Gasteiger partial charge on any atom is 0.174 e. The largest absolute Gasteiger partial charge is 0.314 e. The number of piperazine rings is 1. The second-order valence-electron chi connectivity index (χ2n) is 3.52. The summed E-state index contributed by atoms with van der Waals surface area (Å²) >= 11 is 0. The van der Waals surface area contributed by atoms with Crippen molar-refractivity contribution in [1.82, 2.24) is 30.8 Å². The van der Waals surface area contributed by atoms with E-state index in [1.807, 2.05) is 0 Å². The Hall–Kier alpha value is -1.01. The van der Waals surface area contributed by atoms with Crippen molar-refractivity contribution in [2.24, 2.45) is 0 Å². The van der Waals surface area contributed by atoms with Crippen LogP contribution in [0.1, 0.15) is 12.2 Å². The zero-order chi connectivity index (χ0) is 9.64. The van der Waals surface area contributed by atoms with Crippen LogP contribution < -0.4 is 5.32 Å². The first-order valence-corrected chi connectivity index (χ1v) is 5.10. The molecule has 0 unspecified atom stereocenters. The Morgan fingerprint density at radius 2 is 2.14 bits per heavy atom. The van der Waals surface area contributed by atoms with E-state index in [1.165, 1.54) is 0 Å². The molecular formula is C8H16N6. The molecule has 0 atom stereocenters. The second-order valence-corrected chi connectivity index (χ2v) is 3.52. The van der Waals surface area contributed by atoms with Gasteiger partial charge in [-0.05, 0) is 13.0 Å². The maximum absolute atomic E-state index is 3.92. The highest BCUT2D eigenvalue weighted by atomic mass is 15.5. The van der Waals surface area contributed by atoms with Gasteiger partial charge < -0.3 is 10.2 Å². The molecule has 2 rings (SSSR count). The number of rotatable bonds is 4. The number of hydrogen-bond donors (Lipinski definition) is 2. The van der Waals surface area contributed by atoms with Crippen molar-refractivity contribution >= 4 is 0 Å². The summed E-state index contributed by atoms with van der Waals surface area (Å²) in [6.45, 7) is 5.68. The monoisotopic (exact) mass is 196 g/mol. The third-order valence-corrected chi connectivity index (χ3v) is 2.47.